The van der Waals surface area contributed by atoms with Crippen molar-refractivity contribution in [2.45, 2.75) is 32.2 Å². The number of nitrogens with zero attached hydrogens (tertiary/aromatic N) is 5. The number of amides is 1. The van der Waals surface area contributed by atoms with E-state index in [9.17, 15) is 4.79 Å². The van der Waals surface area contributed by atoms with Crippen LogP contribution in [-0.4, -0.2) is 60.3 Å². The number of hydrogen-bond acceptors (Lipinski definition) is 7. The van der Waals surface area contributed by atoms with Gasteiger partial charge in [-0.2, -0.15) is 15.0 Å². The Kier molecular flexibility index (Phi) is 6.96. The number of aromatic nitrogens is 3. The fourth-order valence-corrected chi connectivity index (χ4v) is 3.87. The maximum Gasteiger partial charge on any atom is 0.230 e. The van der Waals surface area contributed by atoms with Gasteiger partial charge in [-0.05, 0) is 37.0 Å². The molecule has 2 saturated heterocycles. The van der Waals surface area contributed by atoms with Gasteiger partial charge in [-0.15, -0.1) is 0 Å². The maximum atomic E-state index is 12.3. The van der Waals surface area contributed by atoms with Gasteiger partial charge < -0.3 is 19.9 Å². The van der Waals surface area contributed by atoms with Gasteiger partial charge in [0, 0.05) is 37.6 Å². The van der Waals surface area contributed by atoms with Crippen LogP contribution < -0.4 is 15.1 Å². The van der Waals surface area contributed by atoms with Crippen LogP contribution in [0.3, 0.4) is 0 Å². The second-order valence-electron chi connectivity index (χ2n) is 7.55. The third kappa shape index (κ3) is 5.58. The summed E-state index contributed by atoms with van der Waals surface area (Å²) < 4.78 is 5.44. The van der Waals surface area contributed by atoms with Crippen LogP contribution in [0.5, 0.6) is 0 Å². The molecular weight excluding hydrogens is 404 g/mol. The number of nitrogens with one attached hydrogen (secondary N) is 1. The van der Waals surface area contributed by atoms with E-state index in [-0.39, 0.29) is 12.5 Å². The first-order chi connectivity index (χ1) is 14.7. The molecule has 2 aliphatic rings. The van der Waals surface area contributed by atoms with Crippen molar-refractivity contribution in [2.75, 3.05) is 49.2 Å². The van der Waals surface area contributed by atoms with Crippen molar-refractivity contribution < 1.29 is 9.53 Å². The number of anilines is 2. The zero-order chi connectivity index (χ0) is 20.8. The van der Waals surface area contributed by atoms with Gasteiger partial charge in [-0.25, -0.2) is 0 Å². The Morgan fingerprint density at radius 2 is 1.73 bits per heavy atom. The van der Waals surface area contributed by atoms with Crippen LogP contribution in [0.25, 0.3) is 0 Å². The lowest BCUT2D eigenvalue weighted by atomic mass is 10.1. The molecule has 0 unspecified atom stereocenters. The Balaban J connectivity index is 1.40. The largest absolute Gasteiger partial charge is 0.378 e. The number of aryl methyl sites for hydroxylation is 1. The summed E-state index contributed by atoms with van der Waals surface area (Å²) in [7, 11) is 0. The van der Waals surface area contributed by atoms with Gasteiger partial charge in [0.15, 0.2) is 5.82 Å². The lowest BCUT2D eigenvalue weighted by Crippen LogP contribution is -2.38. The predicted octanol–water partition coefficient (Wildman–Crippen LogP) is 2.21. The van der Waals surface area contributed by atoms with Crippen LogP contribution in [0.1, 0.15) is 30.7 Å². The van der Waals surface area contributed by atoms with Crippen LogP contribution in [-0.2, 0) is 22.5 Å². The zero-order valence-electron chi connectivity index (χ0n) is 17.0. The Hall–Kier alpha value is -2.45. The van der Waals surface area contributed by atoms with Crippen LogP contribution in [0.2, 0.25) is 5.02 Å². The summed E-state index contributed by atoms with van der Waals surface area (Å²) in [6, 6.07) is 7.59. The molecule has 1 aromatic carbocycles. The molecule has 0 radical (unpaired) electrons. The number of hydrogen-bond donors (Lipinski definition) is 1. The zero-order valence-corrected chi connectivity index (χ0v) is 17.8. The van der Waals surface area contributed by atoms with E-state index in [0.717, 1.165) is 44.6 Å². The molecule has 1 N–H and O–H groups in total. The van der Waals surface area contributed by atoms with E-state index < -0.39 is 0 Å². The average Bonchev–Trinajstić information content (AvgIpc) is 3.32. The van der Waals surface area contributed by atoms with E-state index in [1.807, 2.05) is 24.3 Å². The van der Waals surface area contributed by atoms with Gasteiger partial charge >= 0.3 is 0 Å². The third-order valence-electron chi connectivity index (χ3n) is 5.31. The first-order valence-corrected chi connectivity index (χ1v) is 10.9. The van der Waals surface area contributed by atoms with Gasteiger partial charge in [0.1, 0.15) is 0 Å². The molecule has 1 amide bonds. The van der Waals surface area contributed by atoms with Gasteiger partial charge in [0.2, 0.25) is 17.8 Å². The highest BCUT2D eigenvalue weighted by molar-refractivity contribution is 6.30. The smallest absolute Gasteiger partial charge is 0.230 e. The summed E-state index contributed by atoms with van der Waals surface area (Å²) in [5.41, 5.74) is 1.05. The summed E-state index contributed by atoms with van der Waals surface area (Å²) in [4.78, 5) is 30.6. The average molecular weight is 431 g/mol. The van der Waals surface area contributed by atoms with Gasteiger partial charge in [0.05, 0.1) is 19.8 Å². The van der Waals surface area contributed by atoms with Crippen molar-refractivity contribution in [3.05, 3.63) is 40.7 Å². The number of carbonyl (C=O) groups excluding carboxylic acids is 1. The van der Waals surface area contributed by atoms with E-state index in [2.05, 4.69) is 25.1 Å². The molecule has 2 aromatic rings. The number of benzene rings is 1. The van der Waals surface area contributed by atoms with Crippen molar-refractivity contribution in [1.82, 2.24) is 20.3 Å². The predicted molar refractivity (Wildman–Crippen MR) is 116 cm³/mol. The van der Waals surface area contributed by atoms with Crippen LogP contribution in [0.4, 0.5) is 11.9 Å². The number of carbonyl (C=O) groups is 1. The number of rotatable bonds is 7. The van der Waals surface area contributed by atoms with E-state index in [0.29, 0.717) is 48.8 Å². The third-order valence-corrected chi connectivity index (χ3v) is 5.55. The summed E-state index contributed by atoms with van der Waals surface area (Å²) >= 11 is 6.01. The highest BCUT2D eigenvalue weighted by atomic mass is 35.5. The highest BCUT2D eigenvalue weighted by Crippen LogP contribution is 2.19. The standard InChI is InChI=1S/C21H27ClN6O2/c22-17-5-3-4-16(14-17)6-7-19(29)23-15-18-24-20(27-8-1-2-9-27)26-21(25-18)28-10-12-30-13-11-28/h3-5,14H,1-2,6-13,15H2,(H,23,29). The molecule has 9 heteroatoms. The molecule has 2 fully saturated rings. The van der Waals surface area contributed by atoms with Crippen LogP contribution in [0.15, 0.2) is 24.3 Å². The Bertz CT molecular complexity index is 868. The number of ether oxygens (including phenoxy) is 1. The Morgan fingerprint density at radius 3 is 2.43 bits per heavy atom. The lowest BCUT2D eigenvalue weighted by Gasteiger charge is -2.28. The molecule has 0 bridgehead atoms. The van der Waals surface area contributed by atoms with Gasteiger partial charge in [0.25, 0.3) is 0 Å². The van der Waals surface area contributed by atoms with Crippen LogP contribution >= 0.6 is 11.6 Å². The normalized spacial score (nSPS) is 16.7. The van der Waals surface area contributed by atoms with Crippen molar-refractivity contribution in [3.63, 3.8) is 0 Å². The molecule has 3 heterocycles. The quantitative estimate of drug-likeness (QED) is 0.720. The molecule has 0 atom stereocenters. The molecule has 2 aliphatic heterocycles. The van der Waals surface area contributed by atoms with E-state index >= 15 is 0 Å². The molecule has 1 aromatic heterocycles. The minimum absolute atomic E-state index is 0.0361. The molecule has 8 nitrogen and oxygen atoms in total. The summed E-state index contributed by atoms with van der Waals surface area (Å²) in [6.45, 7) is 5.05. The minimum atomic E-state index is -0.0361. The molecule has 0 spiro atoms. The fraction of sp³-hybridized carbons (Fsp3) is 0.524. The maximum absolute atomic E-state index is 12.3. The van der Waals surface area contributed by atoms with Crippen molar-refractivity contribution in [1.29, 1.82) is 0 Å². The molecule has 160 valence electrons. The monoisotopic (exact) mass is 430 g/mol. The lowest BCUT2D eigenvalue weighted by molar-refractivity contribution is -0.121. The summed E-state index contributed by atoms with van der Waals surface area (Å²) in [5, 5.41) is 3.63. The second kappa shape index (κ2) is 10.0. The van der Waals surface area contributed by atoms with Crippen molar-refractivity contribution >= 4 is 29.4 Å². The van der Waals surface area contributed by atoms with Gasteiger partial charge in [-0.1, -0.05) is 23.7 Å². The molecule has 0 saturated carbocycles. The molecule has 0 aliphatic carbocycles. The van der Waals surface area contributed by atoms with Crippen molar-refractivity contribution in [2.24, 2.45) is 0 Å². The van der Waals surface area contributed by atoms with Crippen molar-refractivity contribution in [3.8, 4) is 0 Å². The summed E-state index contributed by atoms with van der Waals surface area (Å²) in [6.07, 6.45) is 3.32. The number of morpholine rings is 1. The topological polar surface area (TPSA) is 83.5 Å². The fourth-order valence-electron chi connectivity index (χ4n) is 3.65. The van der Waals surface area contributed by atoms with Crippen LogP contribution in [0, 0.1) is 0 Å². The summed E-state index contributed by atoms with van der Waals surface area (Å²) in [5.74, 6) is 1.92. The van der Waals surface area contributed by atoms with E-state index in [4.69, 9.17) is 21.3 Å². The van der Waals surface area contributed by atoms with Gasteiger partial charge in [-0.3, -0.25) is 4.79 Å². The second-order valence-corrected chi connectivity index (χ2v) is 7.99. The first-order valence-electron chi connectivity index (χ1n) is 10.5. The highest BCUT2D eigenvalue weighted by Gasteiger charge is 2.21. The SMILES string of the molecule is O=C(CCc1cccc(Cl)c1)NCc1nc(N2CCCC2)nc(N2CCOCC2)n1. The molecule has 4 rings (SSSR count). The number of halogens is 1. The van der Waals surface area contributed by atoms with E-state index in [1.165, 1.54) is 0 Å². The van der Waals surface area contributed by atoms with E-state index in [1.54, 1.807) is 0 Å². The molecular formula is C21H27ClN6O2. The molecule has 30 heavy (non-hydrogen) atoms. The Morgan fingerprint density at radius 1 is 1.03 bits per heavy atom. The first kappa shape index (κ1) is 20.8. The minimum Gasteiger partial charge on any atom is -0.378 e. The Labute approximate surface area is 181 Å².